The summed E-state index contributed by atoms with van der Waals surface area (Å²) in [4.78, 5) is 14.3. The largest absolute Gasteiger partial charge is 0.383 e. The second-order valence-electron chi connectivity index (χ2n) is 6.05. The zero-order valence-electron chi connectivity index (χ0n) is 13.8. The Morgan fingerprint density at radius 1 is 1.41 bits per heavy atom. The molecule has 1 aromatic rings. The van der Waals surface area contributed by atoms with Crippen molar-refractivity contribution in [2.45, 2.75) is 32.7 Å². The molecule has 2 unspecified atom stereocenters. The van der Waals surface area contributed by atoms with E-state index in [0.717, 1.165) is 31.1 Å². The molecular weight excluding hydrogens is 278 g/mol. The van der Waals surface area contributed by atoms with Crippen LogP contribution in [0.3, 0.4) is 0 Å². The van der Waals surface area contributed by atoms with E-state index >= 15 is 0 Å². The smallest absolute Gasteiger partial charge is 0.319 e. The molecule has 1 heterocycles. The maximum atomic E-state index is 12.0. The molecule has 1 fully saturated rings. The van der Waals surface area contributed by atoms with Gasteiger partial charge in [0, 0.05) is 31.6 Å². The van der Waals surface area contributed by atoms with Crippen LogP contribution in [0.4, 0.5) is 16.2 Å². The highest BCUT2D eigenvalue weighted by molar-refractivity contribution is 5.89. The number of nitrogens with zero attached hydrogens (tertiary/aromatic N) is 1. The molecule has 1 aromatic carbocycles. The van der Waals surface area contributed by atoms with E-state index in [1.807, 2.05) is 19.1 Å². The number of anilines is 2. The number of amides is 2. The van der Waals surface area contributed by atoms with Crippen LogP contribution in [0.2, 0.25) is 0 Å². The van der Waals surface area contributed by atoms with Crippen LogP contribution in [0, 0.1) is 5.92 Å². The van der Waals surface area contributed by atoms with Crippen molar-refractivity contribution >= 4 is 17.4 Å². The summed E-state index contributed by atoms with van der Waals surface area (Å²) in [5.74, 6) is 0.760. The van der Waals surface area contributed by atoms with E-state index in [4.69, 9.17) is 4.74 Å². The minimum absolute atomic E-state index is 0.0374. The van der Waals surface area contributed by atoms with Crippen LogP contribution in [0.25, 0.3) is 0 Å². The fourth-order valence-corrected chi connectivity index (χ4v) is 2.74. The van der Waals surface area contributed by atoms with E-state index < -0.39 is 0 Å². The van der Waals surface area contributed by atoms with Crippen molar-refractivity contribution in [3.8, 4) is 0 Å². The number of nitrogens with one attached hydrogen (secondary N) is 2. The van der Waals surface area contributed by atoms with Crippen molar-refractivity contribution in [1.29, 1.82) is 0 Å². The Balaban J connectivity index is 1.86. The van der Waals surface area contributed by atoms with Gasteiger partial charge in [0.2, 0.25) is 0 Å². The zero-order chi connectivity index (χ0) is 15.9. The lowest BCUT2D eigenvalue weighted by atomic mass is 10.2. The van der Waals surface area contributed by atoms with Gasteiger partial charge in [-0.2, -0.15) is 0 Å². The van der Waals surface area contributed by atoms with Gasteiger partial charge in [0.05, 0.1) is 12.6 Å². The summed E-state index contributed by atoms with van der Waals surface area (Å²) in [6.07, 6.45) is 2.09. The number of carbonyl (C=O) groups excluding carboxylic acids is 1. The van der Waals surface area contributed by atoms with E-state index in [1.54, 1.807) is 7.11 Å². The van der Waals surface area contributed by atoms with E-state index in [-0.39, 0.29) is 12.1 Å². The van der Waals surface area contributed by atoms with Crippen molar-refractivity contribution in [2.24, 2.45) is 5.92 Å². The highest BCUT2D eigenvalue weighted by Gasteiger charge is 2.18. The Morgan fingerprint density at radius 3 is 2.68 bits per heavy atom. The second kappa shape index (κ2) is 8.03. The van der Waals surface area contributed by atoms with Gasteiger partial charge in [0.1, 0.15) is 0 Å². The molecule has 0 aliphatic carbocycles. The molecule has 0 radical (unpaired) electrons. The van der Waals surface area contributed by atoms with Crippen molar-refractivity contribution < 1.29 is 9.53 Å². The van der Waals surface area contributed by atoms with Gasteiger partial charge >= 0.3 is 6.03 Å². The molecule has 2 amide bonds. The quantitative estimate of drug-likeness (QED) is 0.849. The molecule has 1 saturated heterocycles. The van der Waals surface area contributed by atoms with Gasteiger partial charge in [-0.15, -0.1) is 0 Å². The molecule has 2 atom stereocenters. The van der Waals surface area contributed by atoms with Crippen molar-refractivity contribution in [1.82, 2.24) is 5.32 Å². The minimum atomic E-state index is -0.188. The van der Waals surface area contributed by atoms with Crippen molar-refractivity contribution in [3.63, 3.8) is 0 Å². The molecule has 0 saturated carbocycles. The van der Waals surface area contributed by atoms with E-state index in [2.05, 4.69) is 34.6 Å². The van der Waals surface area contributed by atoms with Crippen LogP contribution >= 0.6 is 0 Å². The Kier molecular flexibility index (Phi) is 6.07. The lowest BCUT2D eigenvalue weighted by Gasteiger charge is -2.19. The Labute approximate surface area is 133 Å². The molecule has 1 aliphatic heterocycles. The van der Waals surface area contributed by atoms with Gasteiger partial charge in [-0.1, -0.05) is 13.8 Å². The molecule has 122 valence electrons. The van der Waals surface area contributed by atoms with Crippen LogP contribution in [0.1, 0.15) is 26.7 Å². The molecule has 5 heteroatoms. The molecular formula is C17H27N3O2. The van der Waals surface area contributed by atoms with E-state index in [0.29, 0.717) is 6.61 Å². The lowest BCUT2D eigenvalue weighted by molar-refractivity contribution is 0.165. The van der Waals surface area contributed by atoms with Gasteiger partial charge in [0.25, 0.3) is 0 Å². The minimum Gasteiger partial charge on any atom is -0.383 e. The van der Waals surface area contributed by atoms with Gasteiger partial charge in [-0.25, -0.2) is 4.79 Å². The predicted molar refractivity (Wildman–Crippen MR) is 90.5 cm³/mol. The number of ether oxygens (including phenoxy) is 1. The highest BCUT2D eigenvalue weighted by atomic mass is 16.5. The molecule has 2 rings (SSSR count). The van der Waals surface area contributed by atoms with Crippen LogP contribution < -0.4 is 15.5 Å². The highest BCUT2D eigenvalue weighted by Crippen LogP contribution is 2.24. The summed E-state index contributed by atoms with van der Waals surface area (Å²) >= 11 is 0. The number of benzene rings is 1. The number of carbonyl (C=O) groups is 1. The maximum Gasteiger partial charge on any atom is 0.319 e. The molecule has 1 aliphatic rings. The molecule has 2 N–H and O–H groups in total. The molecule has 5 nitrogen and oxygen atoms in total. The molecule has 0 spiro atoms. The first-order valence-electron chi connectivity index (χ1n) is 8.03. The van der Waals surface area contributed by atoms with Gasteiger partial charge in [-0.05, 0) is 43.0 Å². The van der Waals surface area contributed by atoms with Crippen molar-refractivity contribution in [3.05, 3.63) is 24.3 Å². The monoisotopic (exact) mass is 305 g/mol. The SMILES string of the molecule is CCC(COC)NC(=O)Nc1ccc(N2CCC(C)C2)cc1. The summed E-state index contributed by atoms with van der Waals surface area (Å²) in [7, 11) is 1.64. The standard InChI is InChI=1S/C17H27N3O2/c1-4-14(12-22-3)18-17(21)19-15-5-7-16(8-6-15)20-10-9-13(2)11-20/h5-8,13-14H,4,9-12H2,1-3H3,(H2,18,19,21). The third-order valence-electron chi connectivity index (χ3n) is 4.11. The average molecular weight is 305 g/mol. The average Bonchev–Trinajstić information content (AvgIpc) is 2.94. The number of rotatable bonds is 6. The first kappa shape index (κ1) is 16.6. The first-order chi connectivity index (χ1) is 10.6. The fourth-order valence-electron chi connectivity index (χ4n) is 2.74. The summed E-state index contributed by atoms with van der Waals surface area (Å²) in [6, 6.07) is 7.90. The third-order valence-corrected chi connectivity index (χ3v) is 4.11. The van der Waals surface area contributed by atoms with Gasteiger partial charge < -0.3 is 20.3 Å². The Morgan fingerprint density at radius 2 is 2.14 bits per heavy atom. The topological polar surface area (TPSA) is 53.6 Å². The number of urea groups is 1. The lowest BCUT2D eigenvalue weighted by Crippen LogP contribution is -2.40. The van der Waals surface area contributed by atoms with Crippen LogP contribution in [0.5, 0.6) is 0 Å². The van der Waals surface area contributed by atoms with Crippen LogP contribution in [-0.2, 0) is 4.74 Å². The van der Waals surface area contributed by atoms with Crippen LogP contribution in [0.15, 0.2) is 24.3 Å². The van der Waals surface area contributed by atoms with Gasteiger partial charge in [-0.3, -0.25) is 0 Å². The number of methoxy groups -OCH3 is 1. The molecule has 22 heavy (non-hydrogen) atoms. The summed E-state index contributed by atoms with van der Waals surface area (Å²) in [5.41, 5.74) is 2.03. The predicted octanol–water partition coefficient (Wildman–Crippen LogP) is 3.08. The van der Waals surface area contributed by atoms with E-state index in [1.165, 1.54) is 12.1 Å². The Bertz CT molecular complexity index is 475. The molecule has 0 bridgehead atoms. The summed E-state index contributed by atoms with van der Waals surface area (Å²) < 4.78 is 5.08. The maximum absolute atomic E-state index is 12.0. The first-order valence-corrected chi connectivity index (χ1v) is 8.03. The zero-order valence-corrected chi connectivity index (χ0v) is 13.8. The van der Waals surface area contributed by atoms with E-state index in [9.17, 15) is 4.79 Å². The summed E-state index contributed by atoms with van der Waals surface area (Å²) in [6.45, 7) is 7.06. The molecule has 0 aromatic heterocycles. The number of hydrogen-bond donors (Lipinski definition) is 2. The normalized spacial score (nSPS) is 19.0. The Hall–Kier alpha value is -1.75. The van der Waals surface area contributed by atoms with Crippen molar-refractivity contribution in [2.75, 3.05) is 37.0 Å². The summed E-state index contributed by atoms with van der Waals surface area (Å²) in [5, 5.41) is 5.77. The third kappa shape index (κ3) is 4.63. The number of hydrogen-bond acceptors (Lipinski definition) is 3. The van der Waals surface area contributed by atoms with Gasteiger partial charge in [0.15, 0.2) is 0 Å². The fraction of sp³-hybridized carbons (Fsp3) is 0.588. The second-order valence-corrected chi connectivity index (χ2v) is 6.05. The van der Waals surface area contributed by atoms with Crippen LogP contribution in [-0.4, -0.2) is 38.9 Å².